The highest BCUT2D eigenvalue weighted by molar-refractivity contribution is 6.30. The number of nitrogens with zero attached hydrogens (tertiary/aromatic N) is 3. The first-order valence-corrected chi connectivity index (χ1v) is 10.5. The minimum Gasteiger partial charge on any atom is -0.540 e. The van der Waals surface area contributed by atoms with Gasteiger partial charge in [-0.25, -0.2) is 4.79 Å². The van der Waals surface area contributed by atoms with Crippen LogP contribution in [0.1, 0.15) is 25.3 Å². The predicted octanol–water partition coefficient (Wildman–Crippen LogP) is 1.27. The normalized spacial score (nSPS) is 13.6. The van der Waals surface area contributed by atoms with Crippen LogP contribution >= 0.6 is 0 Å². The largest absolute Gasteiger partial charge is 0.540 e. The molecule has 1 aliphatic rings. The Labute approximate surface area is 167 Å². The van der Waals surface area contributed by atoms with E-state index < -0.39 is 15.0 Å². The molecule has 1 aliphatic heterocycles. The molecule has 1 saturated heterocycles. The maximum absolute atomic E-state index is 11.7. The van der Waals surface area contributed by atoms with Crippen LogP contribution in [0.2, 0.25) is 6.55 Å². The highest BCUT2D eigenvalue weighted by Crippen LogP contribution is 2.17. The molecule has 0 spiro atoms. The third-order valence-electron chi connectivity index (χ3n) is 3.01. The first kappa shape index (κ1) is 27.4. The van der Waals surface area contributed by atoms with Gasteiger partial charge >= 0.3 is 15.0 Å². The molecule has 1 heterocycles. The number of rotatable bonds is 3. The first-order chi connectivity index (χ1) is 13.4. The number of amides is 1. The van der Waals surface area contributed by atoms with E-state index >= 15 is 0 Å². The molecule has 0 aliphatic carbocycles. The van der Waals surface area contributed by atoms with Gasteiger partial charge < -0.3 is 25.5 Å². The number of hydrogen-bond acceptors (Lipinski definition) is 7. The smallest absolute Gasteiger partial charge is 0.496 e. The van der Waals surface area contributed by atoms with Gasteiger partial charge in [0.25, 0.3) is 0 Å². The molecule has 28 heavy (non-hydrogen) atoms. The maximum Gasteiger partial charge on any atom is 0.496 e. The highest BCUT2D eigenvalue weighted by Gasteiger charge is 2.29. The van der Waals surface area contributed by atoms with E-state index in [1.807, 2.05) is 30.3 Å². The van der Waals surface area contributed by atoms with Gasteiger partial charge in [0.15, 0.2) is 0 Å². The van der Waals surface area contributed by atoms with Crippen LogP contribution in [0.4, 0.5) is 4.79 Å². The van der Waals surface area contributed by atoms with E-state index in [0.717, 1.165) is 18.4 Å². The molecule has 1 aromatic carbocycles. The summed E-state index contributed by atoms with van der Waals surface area (Å²) < 4.78 is 14.4. The lowest BCUT2D eigenvalue weighted by Gasteiger charge is -2.18. The Bertz CT molecular complexity index is 625. The SMILES string of the molecule is CC#N.C[Si](=O)O.N#C[C@H]1CCCN1C(=O)OCc1ccccc1.NCCN. The Hall–Kier alpha value is -2.79. The molecule has 1 fully saturated rings. The zero-order chi connectivity index (χ0) is 21.8. The van der Waals surface area contributed by atoms with E-state index in [1.165, 1.54) is 18.4 Å². The summed E-state index contributed by atoms with van der Waals surface area (Å²) in [5, 5.41) is 16.2. The van der Waals surface area contributed by atoms with Gasteiger partial charge in [0.05, 0.1) is 12.1 Å². The van der Waals surface area contributed by atoms with Crippen LogP contribution in [-0.4, -0.2) is 50.4 Å². The van der Waals surface area contributed by atoms with E-state index in [0.29, 0.717) is 19.6 Å². The van der Waals surface area contributed by atoms with E-state index in [-0.39, 0.29) is 12.6 Å². The average molecular weight is 408 g/mol. The number of hydrogen-bond donors (Lipinski definition) is 3. The third kappa shape index (κ3) is 15.5. The Morgan fingerprint density at radius 2 is 1.82 bits per heavy atom. The van der Waals surface area contributed by atoms with Crippen molar-refractivity contribution in [1.29, 1.82) is 10.5 Å². The van der Waals surface area contributed by atoms with Gasteiger partial charge in [-0.15, -0.1) is 0 Å². The summed E-state index contributed by atoms with van der Waals surface area (Å²) in [5.41, 5.74) is 10.8. The number of nitriles is 2. The standard InChI is InChI=1S/C13H14N2O2.C2H8N2.C2H3N.CH4O2Si/c14-9-12-7-4-8-15(12)13(16)17-10-11-5-2-1-3-6-11;3-1-2-4;1-2-3;1-4(2)3/h1-3,5-6,12H,4,7-8,10H2;1-4H2;1H3;2H,1H3/t12-;;;/m1.../s1. The number of carbonyl (C=O) groups excluding carboxylic acids is 1. The molecule has 0 unspecified atom stereocenters. The summed E-state index contributed by atoms with van der Waals surface area (Å²) in [6, 6.07) is 13.1. The van der Waals surface area contributed by atoms with Crippen molar-refractivity contribution in [1.82, 2.24) is 4.90 Å². The fraction of sp³-hybridized carbons (Fsp3) is 0.500. The van der Waals surface area contributed by atoms with Gasteiger partial charge in [0, 0.05) is 33.1 Å². The van der Waals surface area contributed by atoms with Gasteiger partial charge in [0.2, 0.25) is 0 Å². The molecule has 1 atom stereocenters. The van der Waals surface area contributed by atoms with Gasteiger partial charge in [-0.3, -0.25) is 4.90 Å². The second-order valence-corrected chi connectivity index (χ2v) is 6.38. The van der Waals surface area contributed by atoms with Crippen molar-refractivity contribution in [3.8, 4) is 12.1 Å². The molecule has 1 aromatic rings. The predicted molar refractivity (Wildman–Crippen MR) is 106 cm³/mol. The van der Waals surface area contributed by atoms with Crippen LogP contribution in [0.15, 0.2) is 30.3 Å². The summed E-state index contributed by atoms with van der Waals surface area (Å²) >= 11 is 0. The fourth-order valence-electron chi connectivity index (χ4n) is 1.92. The van der Waals surface area contributed by atoms with Crippen molar-refractivity contribution in [2.45, 2.75) is 39.0 Å². The summed E-state index contributed by atoms with van der Waals surface area (Å²) in [6.07, 6.45) is 1.23. The van der Waals surface area contributed by atoms with E-state index in [2.05, 4.69) is 6.07 Å². The van der Waals surface area contributed by atoms with Crippen molar-refractivity contribution >= 4 is 15.0 Å². The molecule has 0 radical (unpaired) electrons. The molecule has 1 amide bonds. The van der Waals surface area contributed by atoms with Gasteiger partial charge in [-0.2, -0.15) is 10.5 Å². The maximum atomic E-state index is 11.7. The topological polar surface area (TPSA) is 166 Å². The number of nitrogens with two attached hydrogens (primary N) is 2. The molecule has 0 saturated carbocycles. The second kappa shape index (κ2) is 19.0. The van der Waals surface area contributed by atoms with Crippen molar-refractivity contribution < 1.29 is 18.8 Å². The minimum absolute atomic E-state index is 0.258. The average Bonchev–Trinajstić information content (AvgIpc) is 3.16. The highest BCUT2D eigenvalue weighted by atomic mass is 28.3. The van der Waals surface area contributed by atoms with Gasteiger partial charge in [-0.1, -0.05) is 30.3 Å². The number of carbonyl (C=O) groups is 1. The zero-order valence-electron chi connectivity index (χ0n) is 16.4. The van der Waals surface area contributed by atoms with Gasteiger partial charge in [0.1, 0.15) is 12.6 Å². The fourth-order valence-corrected chi connectivity index (χ4v) is 1.92. The third-order valence-corrected chi connectivity index (χ3v) is 3.01. The summed E-state index contributed by atoms with van der Waals surface area (Å²) in [4.78, 5) is 20.8. The monoisotopic (exact) mass is 407 g/mol. The van der Waals surface area contributed by atoms with Crippen LogP contribution in [0.25, 0.3) is 0 Å². The van der Waals surface area contributed by atoms with Crippen LogP contribution in [0.3, 0.4) is 0 Å². The molecule has 5 N–H and O–H groups in total. The van der Waals surface area contributed by atoms with E-state index in [1.54, 1.807) is 6.07 Å². The van der Waals surface area contributed by atoms with Crippen LogP contribution in [0.5, 0.6) is 0 Å². The lowest BCUT2D eigenvalue weighted by molar-refractivity contribution is 0.0982. The Morgan fingerprint density at radius 1 is 1.32 bits per heavy atom. The second-order valence-electron chi connectivity index (χ2n) is 5.34. The molecule has 0 bridgehead atoms. The Morgan fingerprint density at radius 3 is 2.25 bits per heavy atom. The molecule has 154 valence electrons. The van der Waals surface area contributed by atoms with Crippen molar-refractivity contribution in [3.05, 3.63) is 35.9 Å². The number of benzene rings is 1. The Kier molecular flexibility index (Phi) is 18.6. The lowest BCUT2D eigenvalue weighted by atomic mass is 10.2. The quantitative estimate of drug-likeness (QED) is 0.630. The molecular weight excluding hydrogens is 378 g/mol. The minimum atomic E-state index is -2.13. The summed E-state index contributed by atoms with van der Waals surface area (Å²) in [6.45, 7) is 4.77. The van der Waals surface area contributed by atoms with Gasteiger partial charge in [-0.05, 0) is 18.4 Å². The summed E-state index contributed by atoms with van der Waals surface area (Å²) in [7, 11) is -2.13. The lowest BCUT2D eigenvalue weighted by Crippen LogP contribution is -2.34. The van der Waals surface area contributed by atoms with E-state index in [9.17, 15) is 9.26 Å². The van der Waals surface area contributed by atoms with Crippen LogP contribution in [0, 0.1) is 22.7 Å². The van der Waals surface area contributed by atoms with Crippen molar-refractivity contribution in [2.75, 3.05) is 19.6 Å². The molecule has 10 heteroatoms. The van der Waals surface area contributed by atoms with Crippen LogP contribution < -0.4 is 11.5 Å². The number of ether oxygens (including phenoxy) is 1. The zero-order valence-corrected chi connectivity index (χ0v) is 17.4. The number of likely N-dealkylation sites (tertiary alicyclic amines) is 1. The first-order valence-electron chi connectivity index (χ1n) is 8.65. The molecule has 0 aromatic heterocycles. The molecule has 9 nitrogen and oxygen atoms in total. The van der Waals surface area contributed by atoms with Crippen molar-refractivity contribution in [3.63, 3.8) is 0 Å². The molecular formula is C18H29N5O4Si. The Balaban J connectivity index is 0. The van der Waals surface area contributed by atoms with Crippen molar-refractivity contribution in [2.24, 2.45) is 11.5 Å². The van der Waals surface area contributed by atoms with Crippen LogP contribution in [-0.2, 0) is 15.8 Å². The molecule has 2 rings (SSSR count). The van der Waals surface area contributed by atoms with E-state index in [4.69, 9.17) is 31.5 Å². The summed E-state index contributed by atoms with van der Waals surface area (Å²) in [5.74, 6) is 0.